The topological polar surface area (TPSA) is 32.8 Å². The molecule has 3 aliphatic rings. The molecule has 3 aliphatic heterocycles. The lowest BCUT2D eigenvalue weighted by atomic mass is 9.77. The molecule has 1 amide bonds. The molecule has 0 saturated carbocycles. The molecule has 1 aromatic rings. The van der Waals surface area contributed by atoms with Gasteiger partial charge in [-0.15, -0.1) is 0 Å². The Morgan fingerprint density at radius 2 is 1.61 bits per heavy atom. The first kappa shape index (κ1) is 19.7. The number of likely N-dealkylation sites (tertiary alicyclic amines) is 1. The highest BCUT2D eigenvalue weighted by Crippen LogP contribution is 2.43. The predicted octanol–water partition coefficient (Wildman–Crippen LogP) is 3.95. The summed E-state index contributed by atoms with van der Waals surface area (Å²) in [6.45, 7) is 5.21. The normalized spacial score (nSPS) is 24.2. The molecule has 28 heavy (non-hydrogen) atoms. The van der Waals surface area contributed by atoms with E-state index in [1.165, 1.54) is 12.1 Å². The van der Waals surface area contributed by atoms with E-state index >= 15 is 0 Å². The highest BCUT2D eigenvalue weighted by atomic mass is 19.4. The molecule has 0 unspecified atom stereocenters. The second kappa shape index (κ2) is 7.67. The molecule has 0 aliphatic carbocycles. The summed E-state index contributed by atoms with van der Waals surface area (Å²) >= 11 is 0. The lowest BCUT2D eigenvalue weighted by Crippen LogP contribution is -2.46. The number of benzene rings is 1. The summed E-state index contributed by atoms with van der Waals surface area (Å²) < 4.78 is 43.7. The third-order valence-corrected chi connectivity index (χ3v) is 6.69. The molecule has 0 N–H and O–H groups in total. The van der Waals surface area contributed by atoms with Gasteiger partial charge in [0.25, 0.3) is 0 Å². The van der Waals surface area contributed by atoms with Crippen molar-refractivity contribution < 1.29 is 22.7 Å². The molecule has 3 saturated heterocycles. The number of ether oxygens (including phenoxy) is 1. The number of hydrogen-bond donors (Lipinski definition) is 0. The van der Waals surface area contributed by atoms with Gasteiger partial charge in [-0.25, -0.2) is 0 Å². The van der Waals surface area contributed by atoms with Gasteiger partial charge in [0.1, 0.15) is 0 Å². The van der Waals surface area contributed by atoms with E-state index in [-0.39, 0.29) is 11.3 Å². The number of piperidine rings is 1. The van der Waals surface area contributed by atoms with Crippen molar-refractivity contribution in [3.63, 3.8) is 0 Å². The molecule has 0 atom stereocenters. The van der Waals surface area contributed by atoms with E-state index in [9.17, 15) is 18.0 Å². The molecule has 4 nitrogen and oxygen atoms in total. The summed E-state index contributed by atoms with van der Waals surface area (Å²) in [5, 5.41) is 0. The summed E-state index contributed by atoms with van der Waals surface area (Å²) in [6.07, 6.45) is 0.340. The number of amides is 1. The number of anilines is 1. The van der Waals surface area contributed by atoms with E-state index < -0.39 is 11.7 Å². The third-order valence-electron chi connectivity index (χ3n) is 6.69. The van der Waals surface area contributed by atoms with Crippen LogP contribution in [0.3, 0.4) is 0 Å². The molecular formula is C21H27F3N2O2. The Bertz CT molecular complexity index is 691. The summed E-state index contributed by atoms with van der Waals surface area (Å²) in [6, 6.07) is 4.95. The molecule has 7 heteroatoms. The zero-order chi connectivity index (χ0) is 19.8. The summed E-state index contributed by atoms with van der Waals surface area (Å²) in [5.74, 6) is 0.767. The van der Waals surface area contributed by atoms with Crippen LogP contribution in [0.25, 0.3) is 0 Å². The van der Waals surface area contributed by atoms with E-state index in [1.54, 1.807) is 4.90 Å². The van der Waals surface area contributed by atoms with Gasteiger partial charge in [0, 0.05) is 32.0 Å². The number of carbonyl (C=O) groups is 1. The van der Waals surface area contributed by atoms with E-state index in [1.807, 2.05) is 0 Å². The SMILES string of the molecule is O=C1N(c2ccc(C(F)(F)F)cc2)CCC12CCN(CC1CCOCC1)CC2. The van der Waals surface area contributed by atoms with Crippen molar-refractivity contribution in [1.29, 1.82) is 0 Å². The van der Waals surface area contributed by atoms with E-state index in [0.29, 0.717) is 18.2 Å². The average Bonchev–Trinajstić information content (AvgIpc) is 3.00. The van der Waals surface area contributed by atoms with Gasteiger partial charge < -0.3 is 14.5 Å². The highest BCUT2D eigenvalue weighted by molar-refractivity contribution is 6.00. The van der Waals surface area contributed by atoms with Gasteiger partial charge in [-0.1, -0.05) is 0 Å². The van der Waals surface area contributed by atoms with Crippen LogP contribution in [0.2, 0.25) is 0 Å². The molecule has 154 valence electrons. The van der Waals surface area contributed by atoms with Crippen molar-refractivity contribution in [2.24, 2.45) is 11.3 Å². The quantitative estimate of drug-likeness (QED) is 0.776. The van der Waals surface area contributed by atoms with Gasteiger partial charge >= 0.3 is 6.18 Å². The molecule has 3 fully saturated rings. The van der Waals surface area contributed by atoms with Gasteiger partial charge in [0.05, 0.1) is 11.0 Å². The van der Waals surface area contributed by atoms with E-state index in [4.69, 9.17) is 4.74 Å². The van der Waals surface area contributed by atoms with Crippen molar-refractivity contribution >= 4 is 11.6 Å². The van der Waals surface area contributed by atoms with Crippen molar-refractivity contribution in [1.82, 2.24) is 4.90 Å². The van der Waals surface area contributed by atoms with Crippen LogP contribution in [0.4, 0.5) is 18.9 Å². The second-order valence-electron chi connectivity index (χ2n) is 8.39. The first-order valence-electron chi connectivity index (χ1n) is 10.2. The maximum absolute atomic E-state index is 13.1. The second-order valence-corrected chi connectivity index (χ2v) is 8.39. The molecule has 1 spiro atoms. The first-order valence-corrected chi connectivity index (χ1v) is 10.2. The lowest BCUT2D eigenvalue weighted by Gasteiger charge is -2.39. The molecule has 1 aromatic carbocycles. The van der Waals surface area contributed by atoms with E-state index in [2.05, 4.69) is 4.90 Å². The van der Waals surface area contributed by atoms with Gasteiger partial charge in [-0.05, 0) is 75.4 Å². The Morgan fingerprint density at radius 1 is 1.00 bits per heavy atom. The van der Waals surface area contributed by atoms with Crippen molar-refractivity contribution in [2.75, 3.05) is 44.3 Å². The number of alkyl halides is 3. The van der Waals surface area contributed by atoms with Crippen molar-refractivity contribution in [3.05, 3.63) is 29.8 Å². The minimum absolute atomic E-state index is 0.0815. The molecule has 3 heterocycles. The number of carbonyl (C=O) groups excluding carboxylic acids is 1. The zero-order valence-corrected chi connectivity index (χ0v) is 16.0. The fourth-order valence-corrected chi connectivity index (χ4v) is 4.82. The Kier molecular flexibility index (Phi) is 5.40. The molecule has 4 rings (SSSR count). The lowest BCUT2D eigenvalue weighted by molar-refractivity contribution is -0.137. The van der Waals surface area contributed by atoms with Crippen LogP contribution in [0.1, 0.15) is 37.7 Å². The highest BCUT2D eigenvalue weighted by Gasteiger charge is 2.48. The van der Waals surface area contributed by atoms with Crippen LogP contribution in [0.5, 0.6) is 0 Å². The van der Waals surface area contributed by atoms with Crippen LogP contribution < -0.4 is 4.90 Å². The summed E-state index contributed by atoms with van der Waals surface area (Å²) in [4.78, 5) is 17.3. The Balaban J connectivity index is 1.36. The minimum atomic E-state index is -4.36. The van der Waals surface area contributed by atoms with Crippen LogP contribution in [0, 0.1) is 11.3 Å². The third kappa shape index (κ3) is 3.92. The van der Waals surface area contributed by atoms with E-state index in [0.717, 1.165) is 77.1 Å². The number of rotatable bonds is 3. The van der Waals surface area contributed by atoms with Gasteiger partial charge in [-0.2, -0.15) is 13.2 Å². The largest absolute Gasteiger partial charge is 0.416 e. The summed E-state index contributed by atoms with van der Waals surface area (Å²) in [7, 11) is 0. The fraction of sp³-hybridized carbons (Fsp3) is 0.667. The Morgan fingerprint density at radius 3 is 2.21 bits per heavy atom. The monoisotopic (exact) mass is 396 g/mol. The van der Waals surface area contributed by atoms with Crippen LogP contribution in [0.15, 0.2) is 24.3 Å². The van der Waals surface area contributed by atoms with Crippen LogP contribution in [-0.4, -0.2) is 50.2 Å². The number of hydrogen-bond acceptors (Lipinski definition) is 3. The molecule has 0 bridgehead atoms. The molecule has 0 aromatic heterocycles. The van der Waals surface area contributed by atoms with Crippen molar-refractivity contribution in [3.8, 4) is 0 Å². The van der Waals surface area contributed by atoms with Crippen LogP contribution in [-0.2, 0) is 15.7 Å². The van der Waals surface area contributed by atoms with Crippen molar-refractivity contribution in [2.45, 2.75) is 38.3 Å². The number of halogens is 3. The van der Waals surface area contributed by atoms with Gasteiger partial charge in [-0.3, -0.25) is 4.79 Å². The zero-order valence-electron chi connectivity index (χ0n) is 16.0. The fourth-order valence-electron chi connectivity index (χ4n) is 4.82. The van der Waals surface area contributed by atoms with Crippen LogP contribution >= 0.6 is 0 Å². The standard InChI is InChI=1S/C21H27F3N2O2/c22-21(23,24)17-1-3-18(4-2-17)26-12-9-20(19(26)27)7-10-25(11-8-20)15-16-5-13-28-14-6-16/h1-4,16H,5-15H2. The van der Waals surface area contributed by atoms with Gasteiger partial charge in [0.15, 0.2) is 0 Å². The molecule has 0 radical (unpaired) electrons. The average molecular weight is 396 g/mol. The summed E-state index contributed by atoms with van der Waals surface area (Å²) in [5.41, 5.74) is -0.451. The first-order chi connectivity index (χ1) is 13.4. The minimum Gasteiger partial charge on any atom is -0.381 e. The molecular weight excluding hydrogens is 369 g/mol. The Hall–Kier alpha value is -1.60. The van der Waals surface area contributed by atoms with Gasteiger partial charge in [0.2, 0.25) is 5.91 Å². The number of nitrogens with zero attached hydrogens (tertiary/aromatic N) is 2. The maximum atomic E-state index is 13.1. The smallest absolute Gasteiger partial charge is 0.381 e. The Labute approximate surface area is 163 Å². The predicted molar refractivity (Wildman–Crippen MR) is 100 cm³/mol. The maximum Gasteiger partial charge on any atom is 0.416 e.